The third kappa shape index (κ3) is 6.38. The van der Waals surface area contributed by atoms with Crippen molar-refractivity contribution < 1.29 is 9.53 Å². The molecular weight excluding hydrogens is 164 g/mol. The Kier molecular flexibility index (Phi) is 6.29. The van der Waals surface area contributed by atoms with Gasteiger partial charge in [0.25, 0.3) is 0 Å². The van der Waals surface area contributed by atoms with Gasteiger partial charge in [0.1, 0.15) is 0 Å². The molecule has 0 unspecified atom stereocenters. The molecule has 0 aromatic rings. The molecule has 0 aliphatic carbocycles. The number of carbonyl (C=O) groups is 1. The van der Waals surface area contributed by atoms with E-state index in [4.69, 9.17) is 4.74 Å². The Bertz CT molecular complexity index is 171. The molecule has 0 bridgehead atoms. The van der Waals surface area contributed by atoms with E-state index in [1.807, 2.05) is 13.0 Å². The summed E-state index contributed by atoms with van der Waals surface area (Å²) in [4.78, 5) is 10.9. The van der Waals surface area contributed by atoms with Crippen molar-refractivity contribution in [1.29, 1.82) is 0 Å². The van der Waals surface area contributed by atoms with Gasteiger partial charge in [-0.25, -0.2) is 0 Å². The van der Waals surface area contributed by atoms with Crippen molar-refractivity contribution in [2.45, 2.75) is 34.1 Å². The van der Waals surface area contributed by atoms with Crippen LogP contribution >= 0.6 is 0 Å². The Morgan fingerprint density at radius 1 is 1.38 bits per heavy atom. The Hall–Kier alpha value is -0.790. The summed E-state index contributed by atoms with van der Waals surface area (Å²) in [7, 11) is 0. The van der Waals surface area contributed by atoms with Gasteiger partial charge < -0.3 is 4.74 Å². The topological polar surface area (TPSA) is 26.3 Å². The van der Waals surface area contributed by atoms with E-state index in [2.05, 4.69) is 26.8 Å². The van der Waals surface area contributed by atoms with Gasteiger partial charge in [0.2, 0.25) is 0 Å². The largest absolute Gasteiger partial charge is 0.466 e. The first kappa shape index (κ1) is 12.2. The summed E-state index contributed by atoms with van der Waals surface area (Å²) in [5, 5.41) is 0. The molecule has 2 heteroatoms. The van der Waals surface area contributed by atoms with Gasteiger partial charge in [-0.3, -0.25) is 4.79 Å². The lowest BCUT2D eigenvalue weighted by Crippen LogP contribution is -2.03. The van der Waals surface area contributed by atoms with Crippen LogP contribution in [0.25, 0.3) is 0 Å². The standard InChI is InChI=1S/C11H20O2/c1-5-13-11(12)8-6-7-10(4)9(2)3/h6-7,9-10H,5,8H2,1-4H3/b7-6+/t10-/m0/s1. The van der Waals surface area contributed by atoms with Gasteiger partial charge in [-0.2, -0.15) is 0 Å². The van der Waals surface area contributed by atoms with Crippen molar-refractivity contribution in [2.24, 2.45) is 11.8 Å². The number of rotatable bonds is 5. The zero-order chi connectivity index (χ0) is 10.3. The molecule has 13 heavy (non-hydrogen) atoms. The number of ether oxygens (including phenoxy) is 1. The van der Waals surface area contributed by atoms with Gasteiger partial charge in [-0.15, -0.1) is 0 Å². The summed E-state index contributed by atoms with van der Waals surface area (Å²) in [6.07, 6.45) is 4.36. The molecule has 0 saturated carbocycles. The molecule has 0 spiro atoms. The van der Waals surface area contributed by atoms with E-state index < -0.39 is 0 Å². The number of hydrogen-bond donors (Lipinski definition) is 0. The summed E-state index contributed by atoms with van der Waals surface area (Å²) >= 11 is 0. The molecule has 0 heterocycles. The van der Waals surface area contributed by atoms with E-state index in [-0.39, 0.29) is 5.97 Å². The lowest BCUT2D eigenvalue weighted by atomic mass is 9.97. The Balaban J connectivity index is 3.68. The van der Waals surface area contributed by atoms with Crippen LogP contribution in [0.4, 0.5) is 0 Å². The molecule has 0 aromatic carbocycles. The lowest BCUT2D eigenvalue weighted by Gasteiger charge is -2.09. The van der Waals surface area contributed by atoms with E-state index >= 15 is 0 Å². The Morgan fingerprint density at radius 2 is 2.00 bits per heavy atom. The second-order valence-electron chi connectivity index (χ2n) is 3.54. The molecule has 0 rings (SSSR count). The maximum atomic E-state index is 10.9. The maximum absolute atomic E-state index is 10.9. The summed E-state index contributed by atoms with van der Waals surface area (Å²) in [6, 6.07) is 0. The van der Waals surface area contributed by atoms with E-state index in [0.29, 0.717) is 24.9 Å². The van der Waals surface area contributed by atoms with Gasteiger partial charge in [0, 0.05) is 0 Å². The highest BCUT2D eigenvalue weighted by molar-refractivity contribution is 5.71. The van der Waals surface area contributed by atoms with Crippen molar-refractivity contribution in [3.63, 3.8) is 0 Å². The monoisotopic (exact) mass is 184 g/mol. The first-order chi connectivity index (χ1) is 6.07. The van der Waals surface area contributed by atoms with Crippen LogP contribution in [0.3, 0.4) is 0 Å². The van der Waals surface area contributed by atoms with Crippen molar-refractivity contribution in [3.05, 3.63) is 12.2 Å². The van der Waals surface area contributed by atoms with Gasteiger partial charge in [-0.1, -0.05) is 32.9 Å². The van der Waals surface area contributed by atoms with Crippen LogP contribution in [-0.2, 0) is 9.53 Å². The van der Waals surface area contributed by atoms with E-state index in [1.165, 1.54) is 0 Å². The van der Waals surface area contributed by atoms with Crippen molar-refractivity contribution >= 4 is 5.97 Å². The molecule has 0 aromatic heterocycles. The van der Waals surface area contributed by atoms with Crippen LogP contribution in [0.15, 0.2) is 12.2 Å². The summed E-state index contributed by atoms with van der Waals surface area (Å²) in [5.41, 5.74) is 0. The SMILES string of the molecule is CCOC(=O)C/C=C/[C@H](C)C(C)C. The minimum atomic E-state index is -0.144. The van der Waals surface area contributed by atoms with Crippen LogP contribution in [0.5, 0.6) is 0 Å². The maximum Gasteiger partial charge on any atom is 0.309 e. The zero-order valence-corrected chi connectivity index (χ0v) is 9.04. The normalized spacial score (nSPS) is 13.6. The number of esters is 1. The first-order valence-electron chi connectivity index (χ1n) is 4.90. The van der Waals surface area contributed by atoms with Gasteiger partial charge in [0.15, 0.2) is 0 Å². The number of hydrogen-bond acceptors (Lipinski definition) is 2. The predicted octanol–water partition coefficient (Wildman–Crippen LogP) is 2.79. The van der Waals surface area contributed by atoms with Crippen LogP contribution in [0.2, 0.25) is 0 Å². The van der Waals surface area contributed by atoms with Crippen molar-refractivity contribution in [1.82, 2.24) is 0 Å². The highest BCUT2D eigenvalue weighted by Gasteiger charge is 2.02. The average molecular weight is 184 g/mol. The molecule has 0 radical (unpaired) electrons. The summed E-state index contributed by atoms with van der Waals surface area (Å²) in [5.74, 6) is 1.00. The first-order valence-corrected chi connectivity index (χ1v) is 4.90. The lowest BCUT2D eigenvalue weighted by molar-refractivity contribution is -0.142. The summed E-state index contributed by atoms with van der Waals surface area (Å²) < 4.78 is 4.79. The fourth-order valence-electron chi connectivity index (χ4n) is 0.821. The van der Waals surface area contributed by atoms with Gasteiger partial charge >= 0.3 is 5.97 Å². The predicted molar refractivity (Wildman–Crippen MR) is 54.4 cm³/mol. The molecule has 0 aliphatic heterocycles. The highest BCUT2D eigenvalue weighted by atomic mass is 16.5. The second-order valence-corrected chi connectivity index (χ2v) is 3.54. The third-order valence-electron chi connectivity index (χ3n) is 2.08. The molecule has 0 fully saturated rings. The quantitative estimate of drug-likeness (QED) is 0.485. The van der Waals surface area contributed by atoms with Gasteiger partial charge in [-0.05, 0) is 18.8 Å². The second kappa shape index (κ2) is 6.70. The average Bonchev–Trinajstić information content (AvgIpc) is 2.04. The molecule has 0 N–H and O–H groups in total. The van der Waals surface area contributed by atoms with Crippen LogP contribution in [0.1, 0.15) is 34.1 Å². The fourth-order valence-corrected chi connectivity index (χ4v) is 0.821. The Labute approximate surface area is 81.0 Å². The molecule has 0 aliphatic rings. The Morgan fingerprint density at radius 3 is 2.46 bits per heavy atom. The smallest absolute Gasteiger partial charge is 0.309 e. The fraction of sp³-hybridized carbons (Fsp3) is 0.727. The molecule has 1 atom stereocenters. The van der Waals surface area contributed by atoms with Crippen LogP contribution < -0.4 is 0 Å². The van der Waals surface area contributed by atoms with Crippen molar-refractivity contribution in [3.8, 4) is 0 Å². The number of allylic oxidation sites excluding steroid dienone is 1. The van der Waals surface area contributed by atoms with E-state index in [9.17, 15) is 4.79 Å². The van der Waals surface area contributed by atoms with Crippen molar-refractivity contribution in [2.75, 3.05) is 6.61 Å². The summed E-state index contributed by atoms with van der Waals surface area (Å²) in [6.45, 7) is 8.76. The minimum absolute atomic E-state index is 0.144. The highest BCUT2D eigenvalue weighted by Crippen LogP contribution is 2.10. The molecule has 0 saturated heterocycles. The minimum Gasteiger partial charge on any atom is -0.466 e. The molecule has 0 amide bonds. The van der Waals surface area contributed by atoms with Crippen LogP contribution in [-0.4, -0.2) is 12.6 Å². The zero-order valence-electron chi connectivity index (χ0n) is 9.04. The van der Waals surface area contributed by atoms with Gasteiger partial charge in [0.05, 0.1) is 13.0 Å². The van der Waals surface area contributed by atoms with E-state index in [1.54, 1.807) is 0 Å². The third-order valence-corrected chi connectivity index (χ3v) is 2.08. The van der Waals surface area contributed by atoms with E-state index in [0.717, 1.165) is 0 Å². The van der Waals surface area contributed by atoms with Crippen LogP contribution in [0, 0.1) is 11.8 Å². The molecular formula is C11H20O2. The molecule has 2 nitrogen and oxygen atoms in total. The number of carbonyl (C=O) groups excluding carboxylic acids is 1. The molecule has 76 valence electrons.